The van der Waals surface area contributed by atoms with E-state index in [0.29, 0.717) is 12.4 Å². The van der Waals surface area contributed by atoms with Gasteiger partial charge in [0.15, 0.2) is 6.10 Å². The van der Waals surface area contributed by atoms with Crippen molar-refractivity contribution in [3.63, 3.8) is 0 Å². The van der Waals surface area contributed by atoms with Crippen molar-refractivity contribution in [3.05, 3.63) is 29.8 Å². The van der Waals surface area contributed by atoms with E-state index < -0.39 is 30.9 Å². The Hall–Kier alpha value is -2.53. The maximum atomic E-state index is 12.6. The number of nitrogens with zero attached hydrogens (tertiary/aromatic N) is 1. The molecule has 0 aromatic heterocycles. The summed E-state index contributed by atoms with van der Waals surface area (Å²) in [6, 6.07) is 6.89. The molecule has 0 aliphatic heterocycles. The number of rotatable bonds is 15. The van der Waals surface area contributed by atoms with Crippen LogP contribution >= 0.6 is 0 Å². The Kier molecular flexibility index (Phi) is 12.1. The van der Waals surface area contributed by atoms with Crippen molar-refractivity contribution in [1.29, 1.82) is 0 Å². The first kappa shape index (κ1) is 28.7. The molecule has 1 saturated carbocycles. The second kappa shape index (κ2) is 14.8. The SMILES string of the molecule is CCOC(Cc1ccc(OCCN(CCCOCC(F)(F)F)C(=O)OC2CCCC2)cc1)C(=O)O. The Morgan fingerprint density at radius 3 is 2.40 bits per heavy atom. The van der Waals surface area contributed by atoms with Crippen LogP contribution in [0.5, 0.6) is 5.75 Å². The van der Waals surface area contributed by atoms with Crippen molar-refractivity contribution in [2.75, 3.05) is 39.5 Å². The lowest BCUT2D eigenvalue weighted by atomic mass is 10.1. The van der Waals surface area contributed by atoms with E-state index in [-0.39, 0.29) is 45.2 Å². The predicted molar refractivity (Wildman–Crippen MR) is 120 cm³/mol. The molecule has 1 aromatic carbocycles. The van der Waals surface area contributed by atoms with Crippen LogP contribution in [0.1, 0.15) is 44.6 Å². The Morgan fingerprint density at radius 1 is 1.11 bits per heavy atom. The van der Waals surface area contributed by atoms with E-state index in [1.165, 1.54) is 4.90 Å². The van der Waals surface area contributed by atoms with Gasteiger partial charge in [0.1, 0.15) is 25.1 Å². The number of hydrogen-bond donors (Lipinski definition) is 1. The van der Waals surface area contributed by atoms with Gasteiger partial charge in [-0.2, -0.15) is 13.2 Å². The number of carbonyl (C=O) groups is 2. The fraction of sp³-hybridized carbons (Fsp3) is 0.667. The number of ether oxygens (including phenoxy) is 4. The average molecular weight is 506 g/mol. The second-order valence-corrected chi connectivity index (χ2v) is 8.28. The molecule has 1 amide bonds. The highest BCUT2D eigenvalue weighted by Gasteiger charge is 2.27. The summed E-state index contributed by atoms with van der Waals surface area (Å²) in [6.07, 6.45) is -1.88. The minimum absolute atomic E-state index is 0.131. The molecular weight excluding hydrogens is 471 g/mol. The Balaban J connectivity index is 1.83. The Morgan fingerprint density at radius 2 is 1.80 bits per heavy atom. The summed E-state index contributed by atoms with van der Waals surface area (Å²) in [7, 11) is 0. The molecule has 0 saturated heterocycles. The first-order valence-electron chi connectivity index (χ1n) is 11.8. The monoisotopic (exact) mass is 505 g/mol. The second-order valence-electron chi connectivity index (χ2n) is 8.28. The van der Waals surface area contributed by atoms with E-state index in [4.69, 9.17) is 14.2 Å². The fourth-order valence-electron chi connectivity index (χ4n) is 3.69. The fourth-order valence-corrected chi connectivity index (χ4v) is 3.69. The number of carboxylic acid groups (broad SMARTS) is 1. The third kappa shape index (κ3) is 11.6. The first-order chi connectivity index (χ1) is 16.7. The summed E-state index contributed by atoms with van der Waals surface area (Å²) in [5.41, 5.74) is 0.777. The van der Waals surface area contributed by atoms with E-state index >= 15 is 0 Å². The lowest BCUT2D eigenvalue weighted by molar-refractivity contribution is -0.174. The van der Waals surface area contributed by atoms with Crippen LogP contribution in [-0.4, -0.2) is 80.0 Å². The molecule has 2 rings (SSSR count). The van der Waals surface area contributed by atoms with Crippen molar-refractivity contribution < 1.29 is 46.8 Å². The number of halogens is 3. The van der Waals surface area contributed by atoms with Gasteiger partial charge >= 0.3 is 18.2 Å². The summed E-state index contributed by atoms with van der Waals surface area (Å²) in [5, 5.41) is 9.20. The van der Waals surface area contributed by atoms with Gasteiger partial charge in [-0.15, -0.1) is 0 Å². The van der Waals surface area contributed by atoms with Gasteiger partial charge < -0.3 is 29.0 Å². The summed E-state index contributed by atoms with van der Waals surface area (Å²) < 4.78 is 57.7. The maximum Gasteiger partial charge on any atom is 0.411 e. The van der Waals surface area contributed by atoms with E-state index in [2.05, 4.69) is 4.74 Å². The third-order valence-electron chi connectivity index (χ3n) is 5.43. The smallest absolute Gasteiger partial charge is 0.411 e. The lowest BCUT2D eigenvalue weighted by Gasteiger charge is -2.24. The minimum Gasteiger partial charge on any atom is -0.492 e. The van der Waals surface area contributed by atoms with Crippen LogP contribution in [0.3, 0.4) is 0 Å². The Bertz CT molecular complexity index is 767. The summed E-state index contributed by atoms with van der Waals surface area (Å²) in [6.45, 7) is 1.10. The van der Waals surface area contributed by atoms with Crippen LogP contribution in [0, 0.1) is 0 Å². The zero-order chi connectivity index (χ0) is 25.7. The van der Waals surface area contributed by atoms with Crippen LogP contribution in [0.4, 0.5) is 18.0 Å². The Labute approximate surface area is 203 Å². The zero-order valence-corrected chi connectivity index (χ0v) is 19.9. The maximum absolute atomic E-state index is 12.6. The first-order valence-corrected chi connectivity index (χ1v) is 11.8. The van der Waals surface area contributed by atoms with Gasteiger partial charge in [-0.3, -0.25) is 0 Å². The zero-order valence-electron chi connectivity index (χ0n) is 19.9. The third-order valence-corrected chi connectivity index (χ3v) is 5.43. The van der Waals surface area contributed by atoms with E-state index in [1.54, 1.807) is 31.2 Å². The number of benzene rings is 1. The summed E-state index contributed by atoms with van der Waals surface area (Å²) >= 11 is 0. The molecule has 1 unspecified atom stereocenters. The van der Waals surface area contributed by atoms with Crippen molar-refractivity contribution in [2.45, 2.75) is 63.8 Å². The van der Waals surface area contributed by atoms with Crippen LogP contribution in [-0.2, 0) is 25.4 Å². The van der Waals surface area contributed by atoms with Gasteiger partial charge in [-0.1, -0.05) is 12.1 Å². The van der Waals surface area contributed by atoms with Crippen LogP contribution in [0.15, 0.2) is 24.3 Å². The highest BCUT2D eigenvalue weighted by atomic mass is 19.4. The van der Waals surface area contributed by atoms with Crippen molar-refractivity contribution in [3.8, 4) is 5.75 Å². The van der Waals surface area contributed by atoms with Gasteiger partial charge in [-0.25, -0.2) is 9.59 Å². The number of aliphatic carboxylic acids is 1. The molecule has 1 N–H and O–H groups in total. The van der Waals surface area contributed by atoms with Gasteiger partial charge in [-0.05, 0) is 56.7 Å². The van der Waals surface area contributed by atoms with Gasteiger partial charge in [0.2, 0.25) is 0 Å². The average Bonchev–Trinajstić information content (AvgIpc) is 3.30. The minimum atomic E-state index is -4.39. The number of hydrogen-bond acceptors (Lipinski definition) is 6. The van der Waals surface area contributed by atoms with Crippen LogP contribution in [0.25, 0.3) is 0 Å². The van der Waals surface area contributed by atoms with Gasteiger partial charge in [0, 0.05) is 26.2 Å². The molecule has 8 nitrogen and oxygen atoms in total. The molecule has 0 heterocycles. The number of alkyl halides is 3. The molecule has 1 aliphatic carbocycles. The van der Waals surface area contributed by atoms with Crippen molar-refractivity contribution in [2.24, 2.45) is 0 Å². The molecule has 1 aliphatic rings. The standard InChI is InChI=1S/C24H34F3NO7/c1-2-33-21(22(29)30)16-18-8-10-19(11-9-18)34-15-13-28(12-5-14-32-17-24(25,26)27)23(31)35-20-6-3-4-7-20/h8-11,20-21H,2-7,12-17H2,1H3,(H,29,30). The molecule has 0 bridgehead atoms. The molecule has 198 valence electrons. The normalized spacial score (nSPS) is 15.1. The highest BCUT2D eigenvalue weighted by molar-refractivity contribution is 5.72. The molecule has 0 spiro atoms. The molecule has 35 heavy (non-hydrogen) atoms. The van der Waals surface area contributed by atoms with Crippen LogP contribution < -0.4 is 4.74 Å². The van der Waals surface area contributed by atoms with Crippen molar-refractivity contribution >= 4 is 12.1 Å². The highest BCUT2D eigenvalue weighted by Crippen LogP contribution is 2.22. The van der Waals surface area contributed by atoms with E-state index in [0.717, 1.165) is 31.2 Å². The quantitative estimate of drug-likeness (QED) is 0.352. The molecule has 1 aromatic rings. The summed E-state index contributed by atoms with van der Waals surface area (Å²) in [5.74, 6) is -0.491. The molecule has 1 atom stereocenters. The molecular formula is C24H34F3NO7. The van der Waals surface area contributed by atoms with E-state index in [9.17, 15) is 27.9 Å². The van der Waals surface area contributed by atoms with Gasteiger partial charge in [0.25, 0.3) is 0 Å². The van der Waals surface area contributed by atoms with Crippen LogP contribution in [0.2, 0.25) is 0 Å². The van der Waals surface area contributed by atoms with Gasteiger partial charge in [0.05, 0.1) is 6.54 Å². The summed E-state index contributed by atoms with van der Waals surface area (Å²) in [4.78, 5) is 25.2. The predicted octanol–water partition coefficient (Wildman–Crippen LogP) is 4.45. The topological polar surface area (TPSA) is 94.5 Å². The largest absolute Gasteiger partial charge is 0.492 e. The number of carbonyl (C=O) groups excluding carboxylic acids is 1. The lowest BCUT2D eigenvalue weighted by Crippen LogP contribution is -2.38. The molecule has 1 fully saturated rings. The van der Waals surface area contributed by atoms with Crippen molar-refractivity contribution in [1.82, 2.24) is 4.90 Å². The number of carboxylic acids is 1. The molecule has 11 heteroatoms. The van der Waals surface area contributed by atoms with E-state index in [1.807, 2.05) is 0 Å². The number of amides is 1. The molecule has 0 radical (unpaired) electrons.